The van der Waals surface area contributed by atoms with Crippen molar-refractivity contribution in [1.29, 1.82) is 0 Å². The normalized spacial score (nSPS) is 26.0. The summed E-state index contributed by atoms with van der Waals surface area (Å²) in [6.07, 6.45) is 9.86. The number of rotatable bonds is 7. The van der Waals surface area contributed by atoms with E-state index in [2.05, 4.69) is 10.6 Å². The van der Waals surface area contributed by atoms with Crippen LogP contribution in [0.3, 0.4) is 0 Å². The minimum Gasteiger partial charge on any atom is -0.352 e. The van der Waals surface area contributed by atoms with E-state index in [1.165, 1.54) is 25.7 Å². The van der Waals surface area contributed by atoms with E-state index in [-0.39, 0.29) is 24.4 Å². The lowest BCUT2D eigenvalue weighted by Crippen LogP contribution is -2.44. The molecule has 2 fully saturated rings. The zero-order chi connectivity index (χ0) is 15.1. The van der Waals surface area contributed by atoms with Gasteiger partial charge in [0.1, 0.15) is 0 Å². The second kappa shape index (κ2) is 8.37. The van der Waals surface area contributed by atoms with Gasteiger partial charge in [0.05, 0.1) is 6.54 Å². The molecule has 0 radical (unpaired) electrons. The van der Waals surface area contributed by atoms with Crippen LogP contribution in [-0.4, -0.2) is 30.9 Å². The smallest absolute Gasteiger partial charge is 0.239 e. The molecule has 2 atom stereocenters. The van der Waals surface area contributed by atoms with Gasteiger partial charge >= 0.3 is 0 Å². The lowest BCUT2D eigenvalue weighted by Gasteiger charge is -2.19. The average Bonchev–Trinajstić information content (AvgIpc) is 3.14. The van der Waals surface area contributed by atoms with Crippen molar-refractivity contribution in [2.45, 2.75) is 63.8 Å². The Morgan fingerprint density at radius 3 is 2.48 bits per heavy atom. The molecule has 0 bridgehead atoms. The maximum Gasteiger partial charge on any atom is 0.239 e. The standard InChI is InChI=1S/C16H29N3O2/c17-10-13-6-3-7-14(13)19-16(21)11-18-15(20)9-8-12-4-1-2-5-12/h12-14H,1-11,17H2,(H,18,20)(H,19,21). The van der Waals surface area contributed by atoms with E-state index in [4.69, 9.17) is 5.73 Å². The van der Waals surface area contributed by atoms with Crippen molar-refractivity contribution in [3.05, 3.63) is 0 Å². The number of carbonyl (C=O) groups excluding carboxylic acids is 2. The maximum atomic E-state index is 11.9. The third kappa shape index (κ3) is 5.30. The first-order chi connectivity index (χ1) is 10.2. The summed E-state index contributed by atoms with van der Waals surface area (Å²) in [5.74, 6) is 1.02. The highest BCUT2D eigenvalue weighted by Gasteiger charge is 2.27. The van der Waals surface area contributed by atoms with Crippen LogP contribution in [0.5, 0.6) is 0 Å². The Balaban J connectivity index is 1.58. The highest BCUT2D eigenvalue weighted by Crippen LogP contribution is 2.28. The van der Waals surface area contributed by atoms with Gasteiger partial charge in [0.15, 0.2) is 0 Å². The molecular weight excluding hydrogens is 266 g/mol. The lowest BCUT2D eigenvalue weighted by molar-refractivity contribution is -0.126. The van der Waals surface area contributed by atoms with Crippen molar-refractivity contribution in [1.82, 2.24) is 10.6 Å². The van der Waals surface area contributed by atoms with Crippen molar-refractivity contribution in [3.8, 4) is 0 Å². The molecule has 0 heterocycles. The molecule has 0 spiro atoms. The molecule has 0 aromatic heterocycles. The number of nitrogens with one attached hydrogen (secondary N) is 2. The van der Waals surface area contributed by atoms with E-state index in [0.29, 0.717) is 24.8 Å². The van der Waals surface area contributed by atoms with Crippen molar-refractivity contribution >= 4 is 11.8 Å². The molecule has 0 aromatic carbocycles. The zero-order valence-corrected chi connectivity index (χ0v) is 12.9. The van der Waals surface area contributed by atoms with Gasteiger partial charge in [-0.3, -0.25) is 9.59 Å². The quantitative estimate of drug-likeness (QED) is 0.662. The predicted octanol–water partition coefficient (Wildman–Crippen LogP) is 1.32. The van der Waals surface area contributed by atoms with Crippen LogP contribution in [0.2, 0.25) is 0 Å². The highest BCUT2D eigenvalue weighted by molar-refractivity contribution is 5.84. The molecule has 2 aliphatic rings. The van der Waals surface area contributed by atoms with Gasteiger partial charge in [-0.15, -0.1) is 0 Å². The van der Waals surface area contributed by atoms with E-state index in [1.54, 1.807) is 0 Å². The average molecular weight is 295 g/mol. The fourth-order valence-corrected chi connectivity index (χ4v) is 3.67. The Bertz CT molecular complexity index is 353. The predicted molar refractivity (Wildman–Crippen MR) is 82.5 cm³/mol. The third-order valence-electron chi connectivity index (χ3n) is 5.01. The summed E-state index contributed by atoms with van der Waals surface area (Å²) in [7, 11) is 0. The van der Waals surface area contributed by atoms with Crippen molar-refractivity contribution in [3.63, 3.8) is 0 Å². The van der Waals surface area contributed by atoms with Crippen LogP contribution in [0.25, 0.3) is 0 Å². The van der Waals surface area contributed by atoms with E-state index in [1.807, 2.05) is 0 Å². The van der Waals surface area contributed by atoms with Crippen molar-refractivity contribution in [2.24, 2.45) is 17.6 Å². The minimum absolute atomic E-state index is 0.00107. The molecule has 120 valence electrons. The molecule has 5 nitrogen and oxygen atoms in total. The van der Waals surface area contributed by atoms with E-state index >= 15 is 0 Å². The van der Waals surface area contributed by atoms with Gasteiger partial charge in [-0.1, -0.05) is 32.1 Å². The Hall–Kier alpha value is -1.10. The molecule has 0 saturated heterocycles. The zero-order valence-electron chi connectivity index (χ0n) is 12.9. The topological polar surface area (TPSA) is 84.2 Å². The van der Waals surface area contributed by atoms with Crippen LogP contribution < -0.4 is 16.4 Å². The maximum absolute atomic E-state index is 11.9. The van der Waals surface area contributed by atoms with Crippen LogP contribution in [0.15, 0.2) is 0 Å². The van der Waals surface area contributed by atoms with Gasteiger partial charge in [0.25, 0.3) is 0 Å². The monoisotopic (exact) mass is 295 g/mol. The van der Waals surface area contributed by atoms with Crippen LogP contribution in [0.1, 0.15) is 57.8 Å². The third-order valence-corrected chi connectivity index (χ3v) is 5.01. The van der Waals surface area contributed by atoms with Crippen LogP contribution in [0, 0.1) is 11.8 Å². The summed E-state index contributed by atoms with van der Waals surface area (Å²) in [6, 6.07) is 0.192. The molecule has 2 saturated carbocycles. The Labute approximate surface area is 127 Å². The summed E-state index contributed by atoms with van der Waals surface area (Å²) in [4.78, 5) is 23.6. The molecule has 5 heteroatoms. The molecule has 4 N–H and O–H groups in total. The number of carbonyl (C=O) groups is 2. The molecule has 2 rings (SSSR count). The van der Waals surface area contributed by atoms with Crippen LogP contribution in [-0.2, 0) is 9.59 Å². The number of amides is 2. The van der Waals surface area contributed by atoms with Gasteiger partial charge in [0, 0.05) is 12.5 Å². The highest BCUT2D eigenvalue weighted by atomic mass is 16.2. The first kappa shape index (κ1) is 16.3. The van der Waals surface area contributed by atoms with Gasteiger partial charge in [0.2, 0.25) is 11.8 Å². The summed E-state index contributed by atoms with van der Waals surface area (Å²) in [6.45, 7) is 0.718. The molecule has 0 aromatic rings. The van der Waals surface area contributed by atoms with Gasteiger partial charge < -0.3 is 16.4 Å². The second-order valence-corrected chi connectivity index (χ2v) is 6.57. The van der Waals surface area contributed by atoms with Gasteiger partial charge in [-0.25, -0.2) is 0 Å². The first-order valence-corrected chi connectivity index (χ1v) is 8.45. The fraction of sp³-hybridized carbons (Fsp3) is 0.875. The van der Waals surface area contributed by atoms with E-state index in [0.717, 1.165) is 25.7 Å². The Kier molecular flexibility index (Phi) is 6.49. The second-order valence-electron chi connectivity index (χ2n) is 6.57. The van der Waals surface area contributed by atoms with Crippen LogP contribution in [0.4, 0.5) is 0 Å². The van der Waals surface area contributed by atoms with Crippen LogP contribution >= 0.6 is 0 Å². The number of hydrogen-bond acceptors (Lipinski definition) is 3. The fourth-order valence-electron chi connectivity index (χ4n) is 3.67. The van der Waals surface area contributed by atoms with Crippen molar-refractivity contribution < 1.29 is 9.59 Å². The molecule has 2 unspecified atom stereocenters. The SMILES string of the molecule is NCC1CCCC1NC(=O)CNC(=O)CCC1CCCC1. The summed E-state index contributed by atoms with van der Waals surface area (Å²) in [5, 5.41) is 5.73. The largest absolute Gasteiger partial charge is 0.352 e. The summed E-state index contributed by atoms with van der Waals surface area (Å²) >= 11 is 0. The number of nitrogens with two attached hydrogens (primary N) is 1. The lowest BCUT2D eigenvalue weighted by atomic mass is 10.0. The van der Waals surface area contributed by atoms with Gasteiger partial charge in [-0.05, 0) is 37.6 Å². The first-order valence-electron chi connectivity index (χ1n) is 8.45. The summed E-state index contributed by atoms with van der Waals surface area (Å²) < 4.78 is 0. The number of hydrogen-bond donors (Lipinski definition) is 3. The van der Waals surface area contributed by atoms with E-state index < -0.39 is 0 Å². The van der Waals surface area contributed by atoms with Crippen molar-refractivity contribution in [2.75, 3.05) is 13.1 Å². The van der Waals surface area contributed by atoms with E-state index in [9.17, 15) is 9.59 Å². The molecule has 21 heavy (non-hydrogen) atoms. The molecule has 2 aliphatic carbocycles. The molecule has 2 amide bonds. The Morgan fingerprint density at radius 1 is 1.00 bits per heavy atom. The van der Waals surface area contributed by atoms with Gasteiger partial charge in [-0.2, -0.15) is 0 Å². The minimum atomic E-state index is -0.0884. The summed E-state index contributed by atoms with van der Waals surface area (Å²) in [5.41, 5.74) is 5.70. The molecule has 0 aliphatic heterocycles. The molecular formula is C16H29N3O2. The Morgan fingerprint density at radius 2 is 1.76 bits per heavy atom.